The highest BCUT2D eigenvalue weighted by Crippen LogP contribution is 2.29. The molecule has 0 aliphatic carbocycles. The number of Topliss-reactive ketones (excluding diaryl/α,β-unsaturated/α-hetero) is 1. The molecule has 0 aliphatic rings. The second kappa shape index (κ2) is 8.37. The van der Waals surface area contributed by atoms with Gasteiger partial charge in [-0.05, 0) is 18.4 Å². The van der Waals surface area contributed by atoms with Crippen molar-refractivity contribution >= 4 is 35.3 Å². The van der Waals surface area contributed by atoms with Gasteiger partial charge in [-0.3, -0.25) is 9.78 Å². The molecule has 0 aliphatic heterocycles. The van der Waals surface area contributed by atoms with Crippen LogP contribution >= 0.6 is 23.5 Å². The Morgan fingerprint density at radius 1 is 1.31 bits per heavy atom. The topological polar surface area (TPSA) is 106 Å². The molecule has 0 aromatic carbocycles. The average Bonchev–Trinajstić information content (AvgIpc) is 2.59. The van der Waals surface area contributed by atoms with E-state index in [9.17, 15) is 23.2 Å². The predicted molar refractivity (Wildman–Crippen MR) is 91.6 cm³/mol. The molecule has 6 nitrogen and oxygen atoms in total. The normalized spacial score (nSPS) is 11.2. The Hall–Kier alpha value is -2.32. The summed E-state index contributed by atoms with van der Waals surface area (Å²) in [6.07, 6.45) is -2.16. The zero-order valence-electron chi connectivity index (χ0n) is 13.4. The fraction of sp³-hybridized carbons (Fsp3) is 0.267. The fourth-order valence-electron chi connectivity index (χ4n) is 1.88. The van der Waals surface area contributed by atoms with Crippen molar-refractivity contribution in [2.45, 2.75) is 22.6 Å². The first-order valence-corrected chi connectivity index (χ1v) is 9.24. The van der Waals surface area contributed by atoms with Crippen LogP contribution in [0.3, 0.4) is 0 Å². The van der Waals surface area contributed by atoms with Crippen molar-refractivity contribution in [3.63, 3.8) is 0 Å². The summed E-state index contributed by atoms with van der Waals surface area (Å²) >= 11 is 2.26. The number of alkyl halides is 3. The van der Waals surface area contributed by atoms with Crippen molar-refractivity contribution in [3.05, 3.63) is 35.2 Å². The van der Waals surface area contributed by atoms with Crippen LogP contribution in [0.2, 0.25) is 0 Å². The second-order valence-electron chi connectivity index (χ2n) is 4.92. The third-order valence-electron chi connectivity index (χ3n) is 3.07. The Kier molecular flexibility index (Phi) is 6.44. The van der Waals surface area contributed by atoms with Gasteiger partial charge in [0.25, 0.3) is 0 Å². The molecule has 0 fully saturated rings. The highest BCUT2D eigenvalue weighted by molar-refractivity contribution is 8.00. The van der Waals surface area contributed by atoms with Gasteiger partial charge in [0.2, 0.25) is 5.95 Å². The number of ketones is 1. The SMILES string of the molecule is CSc1nc(N)nc(SCC(=O)Cc2ccc(C(F)(F)F)cn2)c1C#N. The first-order chi connectivity index (χ1) is 12.2. The molecule has 2 aromatic heterocycles. The summed E-state index contributed by atoms with van der Waals surface area (Å²) in [6.45, 7) is 0. The largest absolute Gasteiger partial charge is 0.417 e. The van der Waals surface area contributed by atoms with Crippen LogP contribution in [0.25, 0.3) is 0 Å². The Morgan fingerprint density at radius 3 is 2.54 bits per heavy atom. The number of hydrogen-bond acceptors (Lipinski definition) is 8. The number of carbonyl (C=O) groups excluding carboxylic acids is 1. The van der Waals surface area contributed by atoms with E-state index in [0.29, 0.717) is 11.2 Å². The van der Waals surface area contributed by atoms with E-state index < -0.39 is 11.7 Å². The summed E-state index contributed by atoms with van der Waals surface area (Å²) in [5, 5.41) is 9.94. The number of halogens is 3. The lowest BCUT2D eigenvalue weighted by Crippen LogP contribution is -2.10. The van der Waals surface area contributed by atoms with Crippen LogP contribution < -0.4 is 5.73 Å². The van der Waals surface area contributed by atoms with Gasteiger partial charge in [0.05, 0.1) is 11.3 Å². The molecule has 0 radical (unpaired) electrons. The van der Waals surface area contributed by atoms with E-state index in [-0.39, 0.29) is 40.2 Å². The molecule has 0 bridgehead atoms. The number of nitrogens with two attached hydrogens (primary N) is 1. The number of hydrogen-bond donors (Lipinski definition) is 1. The van der Waals surface area contributed by atoms with Crippen LogP contribution in [0, 0.1) is 11.3 Å². The van der Waals surface area contributed by atoms with Crippen LogP contribution in [0.1, 0.15) is 16.8 Å². The molecule has 0 amide bonds. The van der Waals surface area contributed by atoms with E-state index >= 15 is 0 Å². The van der Waals surface area contributed by atoms with E-state index in [2.05, 4.69) is 15.0 Å². The second-order valence-corrected chi connectivity index (χ2v) is 6.68. The Balaban J connectivity index is 2.04. The summed E-state index contributed by atoms with van der Waals surface area (Å²) in [5.74, 6) is -0.302. The molecule has 2 N–H and O–H groups in total. The number of anilines is 1. The number of aromatic nitrogens is 3. The molecule has 0 spiro atoms. The molecular formula is C15H12F3N5OS2. The van der Waals surface area contributed by atoms with Gasteiger partial charge in [0.1, 0.15) is 27.5 Å². The molecule has 2 rings (SSSR count). The first-order valence-electron chi connectivity index (χ1n) is 7.02. The fourth-order valence-corrected chi connectivity index (χ4v) is 3.32. The van der Waals surface area contributed by atoms with Crippen molar-refractivity contribution in [1.82, 2.24) is 15.0 Å². The van der Waals surface area contributed by atoms with Crippen molar-refractivity contribution in [3.8, 4) is 6.07 Å². The highest BCUT2D eigenvalue weighted by atomic mass is 32.2. The highest BCUT2D eigenvalue weighted by Gasteiger charge is 2.30. The molecule has 136 valence electrons. The van der Waals surface area contributed by atoms with E-state index in [4.69, 9.17) is 5.73 Å². The van der Waals surface area contributed by atoms with Gasteiger partial charge >= 0.3 is 6.18 Å². The zero-order chi connectivity index (χ0) is 19.3. The van der Waals surface area contributed by atoms with Crippen molar-refractivity contribution in [2.75, 3.05) is 17.7 Å². The minimum absolute atomic E-state index is 0.00675. The van der Waals surface area contributed by atoms with Gasteiger partial charge < -0.3 is 5.73 Å². The maximum Gasteiger partial charge on any atom is 0.417 e. The lowest BCUT2D eigenvalue weighted by Gasteiger charge is -2.08. The monoisotopic (exact) mass is 399 g/mol. The number of nitrogens with zero attached hydrogens (tertiary/aromatic N) is 4. The van der Waals surface area contributed by atoms with Crippen molar-refractivity contribution in [2.24, 2.45) is 0 Å². The lowest BCUT2D eigenvalue weighted by atomic mass is 10.2. The summed E-state index contributed by atoms with van der Waals surface area (Å²) in [6, 6.07) is 4.03. The van der Waals surface area contributed by atoms with E-state index in [1.807, 2.05) is 6.07 Å². The van der Waals surface area contributed by atoms with Gasteiger partial charge in [-0.2, -0.15) is 18.4 Å². The molecule has 26 heavy (non-hydrogen) atoms. The summed E-state index contributed by atoms with van der Waals surface area (Å²) in [5.41, 5.74) is 5.19. The zero-order valence-corrected chi connectivity index (χ0v) is 15.0. The van der Waals surface area contributed by atoms with Crippen LogP contribution in [0.15, 0.2) is 28.4 Å². The van der Waals surface area contributed by atoms with Gasteiger partial charge in [-0.15, -0.1) is 11.8 Å². The lowest BCUT2D eigenvalue weighted by molar-refractivity contribution is -0.137. The van der Waals surface area contributed by atoms with Crippen LogP contribution in [-0.2, 0) is 17.4 Å². The molecule has 2 aromatic rings. The van der Waals surface area contributed by atoms with Gasteiger partial charge in [-0.1, -0.05) is 11.8 Å². The number of rotatable bonds is 6. The van der Waals surface area contributed by atoms with Gasteiger partial charge in [0.15, 0.2) is 0 Å². The third-order valence-corrected chi connectivity index (χ3v) is 4.78. The standard InChI is InChI=1S/C15H12F3N5OS2/c1-25-12-11(5-19)13(23-14(20)22-12)26-7-10(24)4-9-3-2-8(6-21-9)15(16,17)18/h2-3,6H,4,7H2,1H3,(H2,20,22,23). The minimum Gasteiger partial charge on any atom is -0.368 e. The Morgan fingerprint density at radius 2 is 2.00 bits per heavy atom. The molecular weight excluding hydrogens is 387 g/mol. The predicted octanol–water partition coefficient (Wildman–Crippen LogP) is 2.97. The van der Waals surface area contributed by atoms with Crippen LogP contribution in [-0.4, -0.2) is 32.7 Å². The van der Waals surface area contributed by atoms with E-state index in [0.717, 1.165) is 17.8 Å². The van der Waals surface area contributed by atoms with Crippen LogP contribution in [0.4, 0.5) is 19.1 Å². The number of thioether (sulfide) groups is 2. The molecule has 0 saturated carbocycles. The van der Waals surface area contributed by atoms with Crippen molar-refractivity contribution in [1.29, 1.82) is 5.26 Å². The summed E-state index contributed by atoms with van der Waals surface area (Å²) in [4.78, 5) is 23.6. The Labute approximate surface area is 155 Å². The summed E-state index contributed by atoms with van der Waals surface area (Å²) in [7, 11) is 0. The molecule has 0 saturated heterocycles. The third kappa shape index (κ3) is 5.09. The van der Waals surface area contributed by atoms with Crippen LogP contribution in [0.5, 0.6) is 0 Å². The molecule has 0 atom stereocenters. The number of carbonyl (C=O) groups is 1. The summed E-state index contributed by atoms with van der Waals surface area (Å²) < 4.78 is 37.5. The molecule has 0 unspecified atom stereocenters. The smallest absolute Gasteiger partial charge is 0.368 e. The maximum absolute atomic E-state index is 12.5. The van der Waals surface area contributed by atoms with E-state index in [1.165, 1.54) is 17.8 Å². The molecule has 2 heterocycles. The maximum atomic E-state index is 12.5. The number of nitrogen functional groups attached to an aromatic ring is 1. The van der Waals surface area contributed by atoms with E-state index in [1.54, 1.807) is 6.26 Å². The minimum atomic E-state index is -4.47. The number of pyridine rings is 1. The molecule has 11 heteroatoms. The first kappa shape index (κ1) is 20.0. The Bertz CT molecular complexity index is 850. The van der Waals surface area contributed by atoms with Gasteiger partial charge in [0, 0.05) is 18.3 Å². The number of nitriles is 1. The van der Waals surface area contributed by atoms with Crippen molar-refractivity contribution < 1.29 is 18.0 Å². The van der Waals surface area contributed by atoms with Gasteiger partial charge in [-0.25, -0.2) is 9.97 Å². The average molecular weight is 399 g/mol. The quantitative estimate of drug-likeness (QED) is 0.584.